The first kappa shape index (κ1) is 8.53. The number of esters is 1. The van der Waals surface area contributed by atoms with Gasteiger partial charge in [0.1, 0.15) is 0 Å². The topological polar surface area (TPSA) is 46.6 Å². The van der Waals surface area contributed by atoms with Crippen LogP contribution in [0.1, 0.15) is 19.3 Å². The molecule has 2 saturated heterocycles. The van der Waals surface area contributed by atoms with Crippen molar-refractivity contribution in [1.82, 2.24) is 4.90 Å². The van der Waals surface area contributed by atoms with Crippen molar-refractivity contribution in [2.75, 3.05) is 13.7 Å². The quantitative estimate of drug-likeness (QED) is 0.544. The highest BCUT2D eigenvalue weighted by molar-refractivity contribution is 5.82. The van der Waals surface area contributed by atoms with Crippen LogP contribution in [0.15, 0.2) is 0 Å². The van der Waals surface area contributed by atoms with Crippen molar-refractivity contribution >= 4 is 11.9 Å². The van der Waals surface area contributed by atoms with Gasteiger partial charge in [0, 0.05) is 19.0 Å². The zero-order valence-corrected chi connectivity index (χ0v) is 7.66. The van der Waals surface area contributed by atoms with Crippen LogP contribution in [-0.2, 0) is 14.3 Å². The molecular formula is C9H13NO3. The van der Waals surface area contributed by atoms with Crippen molar-refractivity contribution in [3.05, 3.63) is 0 Å². The van der Waals surface area contributed by atoms with E-state index in [4.69, 9.17) is 4.74 Å². The van der Waals surface area contributed by atoms with Crippen LogP contribution in [-0.4, -0.2) is 36.5 Å². The van der Waals surface area contributed by atoms with Gasteiger partial charge in [-0.15, -0.1) is 0 Å². The lowest BCUT2D eigenvalue weighted by atomic mass is 9.99. The maximum atomic E-state index is 11.3. The molecule has 1 amide bonds. The fourth-order valence-electron chi connectivity index (χ4n) is 2.36. The van der Waals surface area contributed by atoms with Gasteiger partial charge in [0.2, 0.25) is 5.91 Å². The number of methoxy groups -OCH3 is 1. The molecule has 2 aliphatic heterocycles. The summed E-state index contributed by atoms with van der Waals surface area (Å²) in [5.41, 5.74) is 0. The summed E-state index contributed by atoms with van der Waals surface area (Å²) in [7, 11) is 1.40. The van der Waals surface area contributed by atoms with Gasteiger partial charge in [-0.2, -0.15) is 0 Å². The van der Waals surface area contributed by atoms with Crippen molar-refractivity contribution in [3.8, 4) is 0 Å². The Balaban J connectivity index is 2.10. The summed E-state index contributed by atoms with van der Waals surface area (Å²) < 4.78 is 4.70. The van der Waals surface area contributed by atoms with Gasteiger partial charge in [-0.25, -0.2) is 0 Å². The smallest absolute Gasteiger partial charge is 0.310 e. The lowest BCUT2D eigenvalue weighted by Gasteiger charge is -2.18. The van der Waals surface area contributed by atoms with Gasteiger partial charge in [0.05, 0.1) is 13.0 Å². The van der Waals surface area contributed by atoms with E-state index in [2.05, 4.69) is 0 Å². The number of rotatable bonds is 1. The van der Waals surface area contributed by atoms with Gasteiger partial charge in [0.25, 0.3) is 0 Å². The van der Waals surface area contributed by atoms with Crippen LogP contribution in [0.5, 0.6) is 0 Å². The minimum Gasteiger partial charge on any atom is -0.469 e. The predicted molar refractivity (Wildman–Crippen MR) is 44.9 cm³/mol. The Bertz CT molecular complexity index is 251. The molecule has 4 heteroatoms. The number of hydrogen-bond acceptors (Lipinski definition) is 3. The van der Waals surface area contributed by atoms with Gasteiger partial charge in [-0.3, -0.25) is 9.59 Å². The molecule has 0 aromatic heterocycles. The standard InChI is InChI=1S/C9H13NO3/c1-13-9(12)6-4-5-10-7(6)2-3-8(10)11/h6-7H,2-5H2,1H3/t6-,7+/m1/s1. The minimum absolute atomic E-state index is 0.0727. The summed E-state index contributed by atoms with van der Waals surface area (Å²) in [6.45, 7) is 0.725. The van der Waals surface area contributed by atoms with Crippen LogP contribution in [0.4, 0.5) is 0 Å². The summed E-state index contributed by atoms with van der Waals surface area (Å²) in [6, 6.07) is 0.125. The minimum atomic E-state index is -0.165. The van der Waals surface area contributed by atoms with Crippen LogP contribution >= 0.6 is 0 Å². The van der Waals surface area contributed by atoms with Crippen molar-refractivity contribution in [1.29, 1.82) is 0 Å². The average molecular weight is 183 g/mol. The van der Waals surface area contributed by atoms with Crippen LogP contribution < -0.4 is 0 Å². The maximum absolute atomic E-state index is 11.3. The van der Waals surface area contributed by atoms with Gasteiger partial charge >= 0.3 is 5.97 Å². The second-order valence-electron chi connectivity index (χ2n) is 3.61. The van der Waals surface area contributed by atoms with Crippen LogP contribution in [0.25, 0.3) is 0 Å². The van der Waals surface area contributed by atoms with E-state index in [1.165, 1.54) is 7.11 Å². The molecule has 2 fully saturated rings. The molecule has 13 heavy (non-hydrogen) atoms. The number of carbonyl (C=O) groups excluding carboxylic acids is 2. The monoisotopic (exact) mass is 183 g/mol. The van der Waals surface area contributed by atoms with E-state index in [0.29, 0.717) is 6.42 Å². The van der Waals surface area contributed by atoms with E-state index >= 15 is 0 Å². The Kier molecular flexibility index (Phi) is 1.98. The van der Waals surface area contributed by atoms with E-state index < -0.39 is 0 Å². The molecule has 0 radical (unpaired) electrons. The first-order chi connectivity index (χ1) is 6.24. The molecule has 2 rings (SSSR count). The second kappa shape index (κ2) is 3.01. The molecule has 0 bridgehead atoms. The highest BCUT2D eigenvalue weighted by Crippen LogP contribution is 2.33. The number of ether oxygens (including phenoxy) is 1. The summed E-state index contributed by atoms with van der Waals surface area (Å²) in [4.78, 5) is 24.4. The van der Waals surface area contributed by atoms with Gasteiger partial charge < -0.3 is 9.64 Å². The third-order valence-corrected chi connectivity index (χ3v) is 3.02. The van der Waals surface area contributed by atoms with Crippen molar-refractivity contribution < 1.29 is 14.3 Å². The van der Waals surface area contributed by atoms with E-state index in [-0.39, 0.29) is 23.8 Å². The largest absolute Gasteiger partial charge is 0.469 e. The van der Waals surface area contributed by atoms with E-state index in [1.807, 2.05) is 4.90 Å². The Morgan fingerprint density at radius 3 is 3.00 bits per heavy atom. The summed E-state index contributed by atoms with van der Waals surface area (Å²) in [5.74, 6) is -0.0462. The maximum Gasteiger partial charge on any atom is 0.310 e. The highest BCUT2D eigenvalue weighted by atomic mass is 16.5. The molecule has 0 N–H and O–H groups in total. The average Bonchev–Trinajstić information content (AvgIpc) is 2.68. The molecule has 0 saturated carbocycles. The molecule has 0 aromatic rings. The van der Waals surface area contributed by atoms with Crippen molar-refractivity contribution in [2.24, 2.45) is 5.92 Å². The first-order valence-corrected chi connectivity index (χ1v) is 4.61. The van der Waals surface area contributed by atoms with E-state index in [1.54, 1.807) is 0 Å². The number of amides is 1. The Morgan fingerprint density at radius 2 is 2.31 bits per heavy atom. The lowest BCUT2D eigenvalue weighted by molar-refractivity contribution is -0.146. The second-order valence-corrected chi connectivity index (χ2v) is 3.61. The normalized spacial score (nSPS) is 32.1. The molecule has 2 heterocycles. The Labute approximate surface area is 76.8 Å². The zero-order chi connectivity index (χ0) is 9.42. The molecule has 4 nitrogen and oxygen atoms in total. The number of nitrogens with zero attached hydrogens (tertiary/aromatic N) is 1. The third-order valence-electron chi connectivity index (χ3n) is 3.02. The number of carbonyl (C=O) groups is 2. The molecule has 72 valence electrons. The summed E-state index contributed by atoms with van der Waals surface area (Å²) in [6.07, 6.45) is 2.18. The molecule has 0 unspecified atom stereocenters. The number of fused-ring (bicyclic) bond motifs is 1. The SMILES string of the molecule is COC(=O)[C@@H]1CCN2C(=O)CC[C@@H]12. The predicted octanol–water partition coefficient (Wildman–Crippen LogP) is 0.170. The van der Waals surface area contributed by atoms with Crippen molar-refractivity contribution in [3.63, 3.8) is 0 Å². The van der Waals surface area contributed by atoms with Gasteiger partial charge in [-0.05, 0) is 12.8 Å². The summed E-state index contributed by atoms with van der Waals surface area (Å²) in [5, 5.41) is 0. The third kappa shape index (κ3) is 1.20. The van der Waals surface area contributed by atoms with Gasteiger partial charge in [0.15, 0.2) is 0 Å². The Hall–Kier alpha value is -1.06. The molecule has 0 spiro atoms. The fraction of sp³-hybridized carbons (Fsp3) is 0.778. The number of hydrogen-bond donors (Lipinski definition) is 0. The highest BCUT2D eigenvalue weighted by Gasteiger charge is 2.45. The molecule has 2 aliphatic rings. The molecular weight excluding hydrogens is 170 g/mol. The van der Waals surface area contributed by atoms with Crippen LogP contribution in [0.2, 0.25) is 0 Å². The van der Waals surface area contributed by atoms with E-state index in [0.717, 1.165) is 19.4 Å². The van der Waals surface area contributed by atoms with Crippen molar-refractivity contribution in [2.45, 2.75) is 25.3 Å². The molecule has 0 aliphatic carbocycles. The molecule has 0 aromatic carbocycles. The van der Waals surface area contributed by atoms with Crippen LogP contribution in [0, 0.1) is 5.92 Å². The van der Waals surface area contributed by atoms with Crippen LogP contribution in [0.3, 0.4) is 0 Å². The Morgan fingerprint density at radius 1 is 1.54 bits per heavy atom. The first-order valence-electron chi connectivity index (χ1n) is 4.61. The zero-order valence-electron chi connectivity index (χ0n) is 7.66. The van der Waals surface area contributed by atoms with Gasteiger partial charge in [-0.1, -0.05) is 0 Å². The lowest BCUT2D eigenvalue weighted by Crippen LogP contribution is -2.32. The fourth-order valence-corrected chi connectivity index (χ4v) is 2.36. The van der Waals surface area contributed by atoms with E-state index in [9.17, 15) is 9.59 Å². The molecule has 2 atom stereocenters. The summed E-state index contributed by atoms with van der Waals surface area (Å²) >= 11 is 0.